The minimum atomic E-state index is -4.42. The van der Waals surface area contributed by atoms with Crippen LogP contribution in [0.1, 0.15) is 33.5 Å². The highest BCUT2D eigenvalue weighted by Crippen LogP contribution is 2.29. The van der Waals surface area contributed by atoms with Gasteiger partial charge in [-0.05, 0) is 31.0 Å². The molecule has 2 rings (SSSR count). The molecule has 0 aliphatic heterocycles. The Labute approximate surface area is 121 Å². The van der Waals surface area contributed by atoms with E-state index in [1.165, 1.54) is 12.1 Å². The summed E-state index contributed by atoms with van der Waals surface area (Å²) in [6.45, 7) is 1.97. The first-order chi connectivity index (χ1) is 9.86. The molecule has 0 saturated carbocycles. The van der Waals surface area contributed by atoms with Crippen LogP contribution >= 0.6 is 0 Å². The lowest BCUT2D eigenvalue weighted by Crippen LogP contribution is -2.08. The molecule has 0 saturated heterocycles. The van der Waals surface area contributed by atoms with Gasteiger partial charge in [0, 0.05) is 12.0 Å². The van der Waals surface area contributed by atoms with Gasteiger partial charge in [-0.15, -0.1) is 0 Å². The Balaban J connectivity index is 2.05. The summed E-state index contributed by atoms with van der Waals surface area (Å²) in [7, 11) is 0. The molecule has 0 atom stereocenters. The maximum Gasteiger partial charge on any atom is 0.416 e. The molecule has 0 fully saturated rings. The number of aryl methyl sites for hydroxylation is 2. The van der Waals surface area contributed by atoms with Crippen molar-refractivity contribution in [2.75, 3.05) is 0 Å². The van der Waals surface area contributed by atoms with Crippen molar-refractivity contribution in [2.24, 2.45) is 0 Å². The Morgan fingerprint density at radius 1 is 1.05 bits per heavy atom. The fourth-order valence-corrected chi connectivity index (χ4v) is 2.03. The summed E-state index contributed by atoms with van der Waals surface area (Å²) >= 11 is 0. The summed E-state index contributed by atoms with van der Waals surface area (Å²) in [5.74, 6) is -0.276. The van der Waals surface area contributed by atoms with Gasteiger partial charge in [-0.3, -0.25) is 4.79 Å². The number of carbonyl (C=O) groups excluding carboxylic acids is 1. The van der Waals surface area contributed by atoms with Crippen LogP contribution in [0.15, 0.2) is 48.5 Å². The predicted molar refractivity (Wildman–Crippen MR) is 75.3 cm³/mol. The molecule has 1 nitrogen and oxygen atoms in total. The zero-order valence-corrected chi connectivity index (χ0v) is 11.6. The zero-order chi connectivity index (χ0) is 15.5. The van der Waals surface area contributed by atoms with Gasteiger partial charge >= 0.3 is 6.18 Å². The molecule has 0 aliphatic carbocycles. The van der Waals surface area contributed by atoms with Crippen LogP contribution in [0.3, 0.4) is 0 Å². The second-order valence-corrected chi connectivity index (χ2v) is 4.99. The van der Waals surface area contributed by atoms with Crippen LogP contribution in [0, 0.1) is 6.92 Å². The summed E-state index contributed by atoms with van der Waals surface area (Å²) in [6, 6.07) is 12.3. The van der Waals surface area contributed by atoms with E-state index in [-0.39, 0.29) is 17.8 Å². The van der Waals surface area contributed by atoms with E-state index in [1.54, 1.807) is 0 Å². The highest BCUT2D eigenvalue weighted by Gasteiger charge is 2.30. The van der Waals surface area contributed by atoms with Crippen molar-refractivity contribution in [1.82, 2.24) is 0 Å². The molecular weight excluding hydrogens is 277 g/mol. The summed E-state index contributed by atoms with van der Waals surface area (Å²) in [6.07, 6.45) is -3.70. The lowest BCUT2D eigenvalue weighted by molar-refractivity contribution is -0.137. The first kappa shape index (κ1) is 15.3. The molecule has 0 unspecified atom stereocenters. The van der Waals surface area contributed by atoms with Gasteiger partial charge in [-0.1, -0.05) is 42.0 Å². The van der Waals surface area contributed by atoms with Gasteiger partial charge in [0.25, 0.3) is 0 Å². The number of halogens is 3. The number of ketones is 1. The van der Waals surface area contributed by atoms with Crippen molar-refractivity contribution in [2.45, 2.75) is 25.9 Å². The van der Waals surface area contributed by atoms with Crippen molar-refractivity contribution in [3.8, 4) is 0 Å². The molecule has 2 aromatic rings. The zero-order valence-electron chi connectivity index (χ0n) is 11.6. The molecule has 0 amide bonds. The summed E-state index contributed by atoms with van der Waals surface area (Å²) in [5, 5.41) is 0. The van der Waals surface area contributed by atoms with Gasteiger partial charge in [0.15, 0.2) is 5.78 Å². The number of rotatable bonds is 4. The normalized spacial score (nSPS) is 11.4. The predicted octanol–water partition coefficient (Wildman–Crippen LogP) is 4.83. The molecule has 4 heteroatoms. The van der Waals surface area contributed by atoms with Crippen molar-refractivity contribution in [3.63, 3.8) is 0 Å². The largest absolute Gasteiger partial charge is 0.416 e. The topological polar surface area (TPSA) is 17.1 Å². The Bertz CT molecular complexity index is 627. The quantitative estimate of drug-likeness (QED) is 0.738. The molecular formula is C17H15F3O. The van der Waals surface area contributed by atoms with Gasteiger partial charge in [0.05, 0.1) is 5.56 Å². The van der Waals surface area contributed by atoms with Gasteiger partial charge in [-0.2, -0.15) is 13.2 Å². The molecule has 110 valence electrons. The van der Waals surface area contributed by atoms with E-state index in [0.29, 0.717) is 6.42 Å². The number of alkyl halides is 3. The number of Topliss-reactive ketones (excluding diaryl/α,β-unsaturated/α-hetero) is 1. The van der Waals surface area contributed by atoms with Gasteiger partial charge in [0.1, 0.15) is 0 Å². The van der Waals surface area contributed by atoms with E-state index in [9.17, 15) is 18.0 Å². The molecule has 0 heterocycles. The van der Waals surface area contributed by atoms with E-state index in [2.05, 4.69) is 0 Å². The van der Waals surface area contributed by atoms with Crippen LogP contribution in [0.4, 0.5) is 13.2 Å². The Hall–Kier alpha value is -2.10. The van der Waals surface area contributed by atoms with E-state index < -0.39 is 11.7 Å². The van der Waals surface area contributed by atoms with E-state index in [1.807, 2.05) is 31.2 Å². The SMILES string of the molecule is Cc1ccc(CCC(=O)c2cccc(C(F)(F)F)c2)cc1. The second kappa shape index (κ2) is 6.12. The van der Waals surface area contributed by atoms with Crippen molar-refractivity contribution < 1.29 is 18.0 Å². The Morgan fingerprint density at radius 3 is 2.33 bits per heavy atom. The average Bonchev–Trinajstić information content (AvgIpc) is 2.45. The number of benzene rings is 2. The van der Waals surface area contributed by atoms with Crippen LogP contribution < -0.4 is 0 Å². The fourth-order valence-electron chi connectivity index (χ4n) is 2.03. The third-order valence-corrected chi connectivity index (χ3v) is 3.27. The third-order valence-electron chi connectivity index (χ3n) is 3.27. The van der Waals surface area contributed by atoms with E-state index in [4.69, 9.17) is 0 Å². The maximum atomic E-state index is 12.6. The molecule has 0 aromatic heterocycles. The van der Waals surface area contributed by atoms with Crippen LogP contribution in [0.25, 0.3) is 0 Å². The highest BCUT2D eigenvalue weighted by molar-refractivity contribution is 5.96. The van der Waals surface area contributed by atoms with Gasteiger partial charge in [0.2, 0.25) is 0 Å². The van der Waals surface area contributed by atoms with Crippen molar-refractivity contribution >= 4 is 5.78 Å². The third kappa shape index (κ3) is 4.18. The fraction of sp³-hybridized carbons (Fsp3) is 0.235. The molecule has 0 N–H and O–H groups in total. The minimum absolute atomic E-state index is 0.108. The van der Waals surface area contributed by atoms with E-state index in [0.717, 1.165) is 23.3 Å². The first-order valence-electron chi connectivity index (χ1n) is 6.62. The van der Waals surface area contributed by atoms with Gasteiger partial charge in [-0.25, -0.2) is 0 Å². The summed E-state index contributed by atoms with van der Waals surface area (Å²) in [5.41, 5.74) is 1.45. The highest BCUT2D eigenvalue weighted by atomic mass is 19.4. The summed E-state index contributed by atoms with van der Waals surface area (Å²) in [4.78, 5) is 12.0. The number of carbonyl (C=O) groups is 1. The molecule has 2 aromatic carbocycles. The van der Waals surface area contributed by atoms with E-state index >= 15 is 0 Å². The summed E-state index contributed by atoms with van der Waals surface area (Å²) < 4.78 is 37.8. The molecule has 0 radical (unpaired) electrons. The molecule has 21 heavy (non-hydrogen) atoms. The second-order valence-electron chi connectivity index (χ2n) is 4.99. The number of hydrogen-bond acceptors (Lipinski definition) is 1. The monoisotopic (exact) mass is 292 g/mol. The Kier molecular flexibility index (Phi) is 4.46. The smallest absolute Gasteiger partial charge is 0.294 e. The number of hydrogen-bond donors (Lipinski definition) is 0. The first-order valence-corrected chi connectivity index (χ1v) is 6.62. The molecule has 0 aliphatic rings. The average molecular weight is 292 g/mol. The van der Waals surface area contributed by atoms with Crippen molar-refractivity contribution in [1.29, 1.82) is 0 Å². The molecule has 0 bridgehead atoms. The van der Waals surface area contributed by atoms with Crippen LogP contribution in [0.5, 0.6) is 0 Å². The van der Waals surface area contributed by atoms with Gasteiger partial charge < -0.3 is 0 Å². The standard InChI is InChI=1S/C17H15F3O/c1-12-5-7-13(8-6-12)9-10-16(21)14-3-2-4-15(11-14)17(18,19)20/h2-8,11H,9-10H2,1H3. The van der Waals surface area contributed by atoms with Crippen LogP contribution in [0.2, 0.25) is 0 Å². The van der Waals surface area contributed by atoms with Crippen LogP contribution in [-0.4, -0.2) is 5.78 Å². The minimum Gasteiger partial charge on any atom is -0.294 e. The lowest BCUT2D eigenvalue weighted by atomic mass is 10.0. The Morgan fingerprint density at radius 2 is 1.71 bits per heavy atom. The lowest BCUT2D eigenvalue weighted by Gasteiger charge is -2.08. The van der Waals surface area contributed by atoms with Crippen molar-refractivity contribution in [3.05, 3.63) is 70.8 Å². The van der Waals surface area contributed by atoms with Crippen LogP contribution in [-0.2, 0) is 12.6 Å². The molecule has 0 spiro atoms. The maximum absolute atomic E-state index is 12.6.